The number of fused-ring (bicyclic) bond motifs is 1. The van der Waals surface area contributed by atoms with E-state index in [0.29, 0.717) is 6.54 Å². The predicted octanol–water partition coefficient (Wildman–Crippen LogP) is 1.48. The Morgan fingerprint density at radius 3 is 2.62 bits per heavy atom. The molecule has 0 saturated heterocycles. The summed E-state index contributed by atoms with van der Waals surface area (Å²) in [5, 5.41) is 3.27. The Morgan fingerprint density at radius 1 is 1.33 bits per heavy atom. The quantitative estimate of drug-likeness (QED) is 0.833. The Kier molecular flexibility index (Phi) is 4.73. The van der Waals surface area contributed by atoms with Crippen LogP contribution in [-0.4, -0.2) is 51.8 Å². The normalized spacial score (nSPS) is 17.1. The summed E-state index contributed by atoms with van der Waals surface area (Å²) in [6.07, 6.45) is 0. The highest BCUT2D eigenvalue weighted by Crippen LogP contribution is 2.32. The molecular weight excluding hydrogens is 266 g/mol. The summed E-state index contributed by atoms with van der Waals surface area (Å²) in [7, 11) is 3.54. The second kappa shape index (κ2) is 6.35. The van der Waals surface area contributed by atoms with Gasteiger partial charge in [0.15, 0.2) is 0 Å². The molecule has 0 amide bonds. The molecule has 21 heavy (non-hydrogen) atoms. The molecular formula is C16H25N3O2. The second-order valence-electron chi connectivity index (χ2n) is 5.69. The van der Waals surface area contributed by atoms with Gasteiger partial charge in [-0.25, -0.2) is 4.79 Å². The number of rotatable bonds is 5. The van der Waals surface area contributed by atoms with Gasteiger partial charge >= 0.3 is 5.97 Å². The molecule has 0 radical (unpaired) electrons. The van der Waals surface area contributed by atoms with Crippen molar-refractivity contribution in [3.63, 3.8) is 0 Å². The molecule has 5 nitrogen and oxygen atoms in total. The molecule has 0 saturated carbocycles. The minimum atomic E-state index is -0.702. The van der Waals surface area contributed by atoms with Crippen LogP contribution in [0.1, 0.15) is 13.8 Å². The number of esters is 1. The lowest BCUT2D eigenvalue weighted by Crippen LogP contribution is -2.59. The van der Waals surface area contributed by atoms with E-state index in [-0.39, 0.29) is 5.97 Å². The van der Waals surface area contributed by atoms with Crippen molar-refractivity contribution in [1.82, 2.24) is 5.32 Å². The lowest BCUT2D eigenvalue weighted by molar-refractivity contribution is -0.147. The molecule has 1 unspecified atom stereocenters. The lowest BCUT2D eigenvalue weighted by atomic mass is 10.00. The molecule has 1 aliphatic rings. The highest BCUT2D eigenvalue weighted by atomic mass is 16.5. The van der Waals surface area contributed by atoms with E-state index in [9.17, 15) is 4.79 Å². The van der Waals surface area contributed by atoms with Crippen LogP contribution in [0, 0.1) is 0 Å². The van der Waals surface area contributed by atoms with Crippen molar-refractivity contribution in [2.24, 2.45) is 0 Å². The van der Waals surface area contributed by atoms with E-state index in [1.807, 2.05) is 26.0 Å². The number of para-hydroxylation sites is 2. The van der Waals surface area contributed by atoms with Gasteiger partial charge in [0.2, 0.25) is 0 Å². The van der Waals surface area contributed by atoms with E-state index >= 15 is 0 Å². The first-order chi connectivity index (χ1) is 10.0. The van der Waals surface area contributed by atoms with Crippen LogP contribution < -0.4 is 15.1 Å². The summed E-state index contributed by atoms with van der Waals surface area (Å²) in [5.74, 6) is -0.222. The Hall–Kier alpha value is -1.75. The molecule has 0 bridgehead atoms. The molecule has 116 valence electrons. The van der Waals surface area contributed by atoms with Crippen molar-refractivity contribution in [1.29, 1.82) is 0 Å². The molecule has 0 aromatic heterocycles. The number of methoxy groups -OCH3 is 1. The minimum Gasteiger partial charge on any atom is -0.468 e. The third-order valence-corrected chi connectivity index (χ3v) is 4.05. The van der Waals surface area contributed by atoms with Gasteiger partial charge in [-0.3, -0.25) is 0 Å². The lowest BCUT2D eigenvalue weighted by Gasteiger charge is -2.41. The molecule has 1 aromatic carbocycles. The first kappa shape index (κ1) is 15.6. The van der Waals surface area contributed by atoms with Gasteiger partial charge in [0.1, 0.15) is 5.54 Å². The Balaban J connectivity index is 2.26. The highest BCUT2D eigenvalue weighted by Gasteiger charge is 2.37. The van der Waals surface area contributed by atoms with E-state index in [1.165, 1.54) is 18.5 Å². The number of ether oxygens (including phenoxy) is 1. The van der Waals surface area contributed by atoms with Crippen LogP contribution in [0.15, 0.2) is 24.3 Å². The van der Waals surface area contributed by atoms with Gasteiger partial charge in [-0.15, -0.1) is 0 Å². The summed E-state index contributed by atoms with van der Waals surface area (Å²) < 4.78 is 4.98. The average molecular weight is 291 g/mol. The van der Waals surface area contributed by atoms with Crippen molar-refractivity contribution >= 4 is 17.3 Å². The third kappa shape index (κ3) is 3.13. The fraction of sp³-hybridized carbons (Fsp3) is 0.562. The van der Waals surface area contributed by atoms with Crippen molar-refractivity contribution in [3.8, 4) is 0 Å². The topological polar surface area (TPSA) is 44.8 Å². The van der Waals surface area contributed by atoms with Gasteiger partial charge in [0.25, 0.3) is 0 Å². The van der Waals surface area contributed by atoms with Gasteiger partial charge in [0.05, 0.1) is 18.5 Å². The van der Waals surface area contributed by atoms with Gasteiger partial charge in [-0.2, -0.15) is 0 Å². The molecule has 5 heteroatoms. The first-order valence-electron chi connectivity index (χ1n) is 7.40. The van der Waals surface area contributed by atoms with Gasteiger partial charge < -0.3 is 19.9 Å². The van der Waals surface area contributed by atoms with Crippen LogP contribution in [-0.2, 0) is 9.53 Å². The maximum absolute atomic E-state index is 12.2. The van der Waals surface area contributed by atoms with E-state index in [4.69, 9.17) is 4.74 Å². The molecule has 0 fully saturated rings. The second-order valence-corrected chi connectivity index (χ2v) is 5.69. The molecule has 1 aliphatic heterocycles. The number of carbonyl (C=O) groups excluding carboxylic acids is 1. The van der Waals surface area contributed by atoms with E-state index in [2.05, 4.69) is 34.3 Å². The zero-order chi connectivity index (χ0) is 15.5. The minimum absolute atomic E-state index is 0.222. The molecule has 2 rings (SSSR count). The highest BCUT2D eigenvalue weighted by molar-refractivity contribution is 5.82. The number of nitrogens with zero attached hydrogens (tertiary/aromatic N) is 2. The van der Waals surface area contributed by atoms with Crippen LogP contribution in [0.3, 0.4) is 0 Å². The van der Waals surface area contributed by atoms with Gasteiger partial charge in [0, 0.05) is 26.7 Å². The number of anilines is 2. The smallest absolute Gasteiger partial charge is 0.327 e. The van der Waals surface area contributed by atoms with E-state index < -0.39 is 5.54 Å². The summed E-state index contributed by atoms with van der Waals surface area (Å²) >= 11 is 0. The van der Waals surface area contributed by atoms with Crippen LogP contribution in [0.25, 0.3) is 0 Å². The monoisotopic (exact) mass is 291 g/mol. The molecule has 1 N–H and O–H groups in total. The standard InChI is InChI=1S/C16H25N3O2/c1-5-17-16(2,15(20)21-4)12-19-11-10-18(3)13-8-6-7-9-14(13)19/h6-9,17H,5,10-12H2,1-4H3. The average Bonchev–Trinajstić information content (AvgIpc) is 2.50. The van der Waals surface area contributed by atoms with Crippen LogP contribution >= 0.6 is 0 Å². The van der Waals surface area contributed by atoms with Gasteiger partial charge in [-0.05, 0) is 25.6 Å². The number of nitrogens with one attached hydrogen (secondary N) is 1. The molecule has 1 aromatic rings. The van der Waals surface area contributed by atoms with Crippen LogP contribution in [0.5, 0.6) is 0 Å². The predicted molar refractivity (Wildman–Crippen MR) is 86.0 cm³/mol. The summed E-state index contributed by atoms with van der Waals surface area (Å²) in [4.78, 5) is 16.7. The molecule has 0 aliphatic carbocycles. The first-order valence-corrected chi connectivity index (χ1v) is 7.40. The molecule has 1 atom stereocenters. The summed E-state index contributed by atoms with van der Waals surface area (Å²) in [5.41, 5.74) is 1.67. The fourth-order valence-corrected chi connectivity index (χ4v) is 2.92. The summed E-state index contributed by atoms with van der Waals surface area (Å²) in [6, 6.07) is 8.30. The maximum Gasteiger partial charge on any atom is 0.327 e. The Morgan fingerprint density at radius 2 is 2.00 bits per heavy atom. The van der Waals surface area contributed by atoms with Crippen molar-refractivity contribution in [2.45, 2.75) is 19.4 Å². The zero-order valence-corrected chi connectivity index (χ0v) is 13.3. The van der Waals surface area contributed by atoms with Gasteiger partial charge in [-0.1, -0.05) is 19.1 Å². The van der Waals surface area contributed by atoms with Crippen molar-refractivity contribution in [3.05, 3.63) is 24.3 Å². The number of carbonyl (C=O) groups is 1. The Labute approximate surface area is 126 Å². The maximum atomic E-state index is 12.2. The van der Waals surface area contributed by atoms with Crippen LogP contribution in [0.2, 0.25) is 0 Å². The number of benzene rings is 1. The zero-order valence-electron chi connectivity index (χ0n) is 13.3. The third-order valence-electron chi connectivity index (χ3n) is 4.05. The molecule has 1 heterocycles. The van der Waals surface area contributed by atoms with Crippen molar-refractivity contribution in [2.75, 3.05) is 50.1 Å². The van der Waals surface area contributed by atoms with Crippen LogP contribution in [0.4, 0.5) is 11.4 Å². The van der Waals surface area contributed by atoms with E-state index in [0.717, 1.165) is 19.6 Å². The largest absolute Gasteiger partial charge is 0.468 e. The SMILES string of the molecule is CCNC(C)(CN1CCN(C)c2ccccc21)C(=O)OC. The number of hydrogen-bond donors (Lipinski definition) is 1. The van der Waals surface area contributed by atoms with E-state index in [1.54, 1.807) is 0 Å². The fourth-order valence-electron chi connectivity index (χ4n) is 2.92. The number of likely N-dealkylation sites (N-methyl/N-ethyl adjacent to an activating group) is 2. The molecule has 0 spiro atoms. The number of hydrogen-bond acceptors (Lipinski definition) is 5. The summed E-state index contributed by atoms with van der Waals surface area (Å²) in [6.45, 7) is 7.06. The van der Waals surface area contributed by atoms with Crippen molar-refractivity contribution < 1.29 is 9.53 Å². The Bertz CT molecular complexity index is 506.